The largest absolute Gasteiger partial charge is 0.243 e. The molecule has 2 saturated carbocycles. The number of hydrogen-bond acceptors (Lipinski definition) is 5. The number of aromatic nitrogens is 2. The van der Waals surface area contributed by atoms with Crippen LogP contribution in [0.4, 0.5) is 0 Å². The van der Waals surface area contributed by atoms with Crippen LogP contribution in [0.5, 0.6) is 0 Å². The quantitative estimate of drug-likeness (QED) is 0.942. The summed E-state index contributed by atoms with van der Waals surface area (Å²) in [5.41, 5.74) is 1.88. The number of fused-ring (bicyclic) bond motifs is 2. The molecule has 2 aromatic rings. The van der Waals surface area contributed by atoms with Crippen LogP contribution in [0.1, 0.15) is 31.2 Å². The number of nitrogens with zero attached hydrogens (tertiary/aromatic N) is 2. The van der Waals surface area contributed by atoms with Crippen LogP contribution in [0.3, 0.4) is 0 Å². The molecular formula is C14H17N3O2S2. The van der Waals surface area contributed by atoms with Gasteiger partial charge in [-0.3, -0.25) is 0 Å². The minimum atomic E-state index is -3.53. The Morgan fingerprint density at radius 2 is 1.90 bits per heavy atom. The molecule has 0 amide bonds. The maximum absolute atomic E-state index is 12.8. The highest BCUT2D eigenvalue weighted by molar-refractivity contribution is 7.89. The first-order valence-corrected chi connectivity index (χ1v) is 9.53. The molecule has 0 radical (unpaired) electrons. The van der Waals surface area contributed by atoms with E-state index in [-0.39, 0.29) is 6.04 Å². The summed E-state index contributed by atoms with van der Waals surface area (Å²) < 4.78 is 36.8. The van der Waals surface area contributed by atoms with Crippen molar-refractivity contribution in [2.24, 2.45) is 11.8 Å². The first-order chi connectivity index (χ1) is 10.1. The van der Waals surface area contributed by atoms with E-state index < -0.39 is 10.0 Å². The van der Waals surface area contributed by atoms with E-state index in [9.17, 15) is 8.42 Å². The van der Waals surface area contributed by atoms with Crippen LogP contribution < -0.4 is 4.72 Å². The molecule has 4 rings (SSSR count). The summed E-state index contributed by atoms with van der Waals surface area (Å²) >= 11 is 1.05. The highest BCUT2D eigenvalue weighted by Crippen LogP contribution is 2.50. The van der Waals surface area contributed by atoms with Crippen molar-refractivity contribution >= 4 is 32.8 Å². The molecule has 1 aromatic heterocycles. The first kappa shape index (κ1) is 13.6. The molecular weight excluding hydrogens is 306 g/mol. The number of hydrogen-bond donors (Lipinski definition) is 1. The summed E-state index contributed by atoms with van der Waals surface area (Å²) in [4.78, 5) is 0.303. The minimum absolute atomic E-state index is 0.124. The first-order valence-electron chi connectivity index (χ1n) is 7.32. The van der Waals surface area contributed by atoms with Crippen LogP contribution in [0.15, 0.2) is 17.0 Å². The maximum atomic E-state index is 12.8. The van der Waals surface area contributed by atoms with Gasteiger partial charge in [-0.15, -0.1) is 0 Å². The highest BCUT2D eigenvalue weighted by Gasteiger charge is 2.52. The van der Waals surface area contributed by atoms with E-state index in [0.29, 0.717) is 27.8 Å². The number of aryl methyl sites for hydroxylation is 1. The van der Waals surface area contributed by atoms with Gasteiger partial charge in [0.05, 0.1) is 11.7 Å². The third kappa shape index (κ3) is 2.18. The van der Waals surface area contributed by atoms with Crippen LogP contribution in [0, 0.1) is 18.8 Å². The summed E-state index contributed by atoms with van der Waals surface area (Å²) in [7, 11) is -3.53. The topological polar surface area (TPSA) is 72.0 Å². The molecule has 0 saturated heterocycles. The molecule has 1 aromatic carbocycles. The van der Waals surface area contributed by atoms with Crippen molar-refractivity contribution in [2.75, 3.05) is 0 Å². The van der Waals surface area contributed by atoms with Crippen molar-refractivity contribution in [1.82, 2.24) is 13.5 Å². The summed E-state index contributed by atoms with van der Waals surface area (Å²) in [6.07, 6.45) is 4.76. The Morgan fingerprint density at radius 3 is 2.62 bits per heavy atom. The van der Waals surface area contributed by atoms with Gasteiger partial charge in [0.1, 0.15) is 15.9 Å². The average Bonchev–Trinajstić information content (AvgIpc) is 2.92. The Bertz CT molecular complexity index is 788. The molecule has 2 atom stereocenters. The monoisotopic (exact) mass is 323 g/mol. The van der Waals surface area contributed by atoms with Crippen molar-refractivity contribution in [2.45, 2.75) is 43.5 Å². The van der Waals surface area contributed by atoms with Crippen LogP contribution in [-0.2, 0) is 10.0 Å². The van der Waals surface area contributed by atoms with Gasteiger partial charge in [0.15, 0.2) is 0 Å². The molecule has 0 bridgehead atoms. The lowest BCUT2D eigenvalue weighted by Gasteiger charge is -2.09. The molecule has 7 heteroatoms. The van der Waals surface area contributed by atoms with Crippen molar-refractivity contribution in [1.29, 1.82) is 0 Å². The number of benzene rings is 1. The molecule has 2 fully saturated rings. The number of rotatable bonds is 3. The van der Waals surface area contributed by atoms with E-state index in [2.05, 4.69) is 13.5 Å². The molecule has 5 nitrogen and oxygen atoms in total. The van der Waals surface area contributed by atoms with Crippen LogP contribution in [0.2, 0.25) is 0 Å². The van der Waals surface area contributed by atoms with E-state index in [1.165, 1.54) is 12.8 Å². The van der Waals surface area contributed by atoms with Gasteiger partial charge in [0, 0.05) is 6.04 Å². The van der Waals surface area contributed by atoms with Gasteiger partial charge in [-0.25, -0.2) is 13.1 Å². The summed E-state index contributed by atoms with van der Waals surface area (Å²) in [5, 5.41) is 0. The molecule has 2 aliphatic rings. The van der Waals surface area contributed by atoms with Gasteiger partial charge in [0.25, 0.3) is 0 Å². The Balaban J connectivity index is 1.70. The van der Waals surface area contributed by atoms with E-state index in [1.54, 1.807) is 6.07 Å². The summed E-state index contributed by atoms with van der Waals surface area (Å²) in [6, 6.07) is 3.75. The van der Waals surface area contributed by atoms with Gasteiger partial charge in [0.2, 0.25) is 10.0 Å². The standard InChI is InChI=1S/C14H17N3O2S2/c1-8-6-7-11-13(16-20-15-11)14(8)21(18,19)17-12-9-4-2-3-5-10(9)12/h6-7,9-10,12,17H,2-5H2,1H3. The fourth-order valence-corrected chi connectivity index (χ4v) is 6.00. The van der Waals surface area contributed by atoms with Gasteiger partial charge < -0.3 is 0 Å². The lowest BCUT2D eigenvalue weighted by atomic mass is 10.0. The zero-order valence-electron chi connectivity index (χ0n) is 11.7. The van der Waals surface area contributed by atoms with Crippen LogP contribution >= 0.6 is 11.7 Å². The molecule has 0 aliphatic heterocycles. The molecule has 1 heterocycles. The second kappa shape index (κ2) is 4.72. The molecule has 1 N–H and O–H groups in total. The maximum Gasteiger partial charge on any atom is 0.243 e. The number of nitrogens with one attached hydrogen (secondary N) is 1. The predicted octanol–water partition coefficient (Wildman–Crippen LogP) is 2.47. The molecule has 112 valence electrons. The zero-order valence-corrected chi connectivity index (χ0v) is 13.4. The normalized spacial score (nSPS) is 28.5. The SMILES string of the molecule is Cc1ccc2nsnc2c1S(=O)(=O)NC1C2CCCCC21. The Kier molecular flexibility index (Phi) is 3.06. The molecule has 2 aliphatic carbocycles. The van der Waals surface area contributed by atoms with Crippen LogP contribution in [0.25, 0.3) is 11.0 Å². The molecule has 0 spiro atoms. The second-order valence-corrected chi connectivity index (χ2v) is 8.28. The Morgan fingerprint density at radius 1 is 1.19 bits per heavy atom. The smallest absolute Gasteiger partial charge is 0.207 e. The van der Waals surface area contributed by atoms with E-state index in [0.717, 1.165) is 30.1 Å². The average molecular weight is 323 g/mol. The summed E-state index contributed by atoms with van der Waals surface area (Å²) in [6.45, 7) is 1.81. The van der Waals surface area contributed by atoms with Crippen molar-refractivity contribution in [3.05, 3.63) is 17.7 Å². The third-order valence-corrected chi connectivity index (χ3v) is 6.97. The third-order valence-electron chi connectivity index (χ3n) is 4.79. The fourth-order valence-electron chi connectivity index (χ4n) is 3.67. The van der Waals surface area contributed by atoms with E-state index >= 15 is 0 Å². The Labute approximate surface area is 128 Å². The van der Waals surface area contributed by atoms with E-state index in [1.807, 2.05) is 13.0 Å². The fraction of sp³-hybridized carbons (Fsp3) is 0.571. The lowest BCUT2D eigenvalue weighted by molar-refractivity contribution is 0.480. The van der Waals surface area contributed by atoms with Crippen molar-refractivity contribution < 1.29 is 8.42 Å². The lowest BCUT2D eigenvalue weighted by Crippen LogP contribution is -2.28. The zero-order chi connectivity index (χ0) is 14.6. The molecule has 21 heavy (non-hydrogen) atoms. The highest BCUT2D eigenvalue weighted by atomic mass is 32.2. The van der Waals surface area contributed by atoms with E-state index in [4.69, 9.17) is 0 Å². The van der Waals surface area contributed by atoms with Crippen LogP contribution in [-0.4, -0.2) is 23.2 Å². The molecule has 2 unspecified atom stereocenters. The van der Waals surface area contributed by atoms with Crippen molar-refractivity contribution in [3.63, 3.8) is 0 Å². The Hall–Kier alpha value is -1.05. The van der Waals surface area contributed by atoms with Gasteiger partial charge in [-0.2, -0.15) is 8.75 Å². The predicted molar refractivity (Wildman–Crippen MR) is 81.7 cm³/mol. The van der Waals surface area contributed by atoms with Gasteiger partial charge in [-0.05, 0) is 43.2 Å². The van der Waals surface area contributed by atoms with Gasteiger partial charge in [-0.1, -0.05) is 18.9 Å². The van der Waals surface area contributed by atoms with Gasteiger partial charge >= 0.3 is 0 Å². The van der Waals surface area contributed by atoms with Crippen molar-refractivity contribution in [3.8, 4) is 0 Å². The second-order valence-electron chi connectivity index (χ2n) is 6.10. The minimum Gasteiger partial charge on any atom is -0.207 e. The summed E-state index contributed by atoms with van der Waals surface area (Å²) in [5.74, 6) is 1.09. The number of sulfonamides is 1.